The molecule has 2 rings (SSSR count). The van der Waals surface area contributed by atoms with Crippen LogP contribution in [0, 0.1) is 6.92 Å². The van der Waals surface area contributed by atoms with Crippen LogP contribution in [-0.2, 0) is 10.0 Å². The number of nitrogens with one attached hydrogen (secondary N) is 2. The van der Waals surface area contributed by atoms with E-state index < -0.39 is 16.0 Å². The van der Waals surface area contributed by atoms with E-state index in [4.69, 9.17) is 5.11 Å². The Balaban J connectivity index is 2.33. The SMILES string of the molecule is Cc1nc(Br)ccc1NS(=O)(=O)c1c[nH]c(C(=O)O)c1. The van der Waals surface area contributed by atoms with Gasteiger partial charge in [0.05, 0.1) is 11.4 Å². The van der Waals surface area contributed by atoms with Crippen LogP contribution in [0.25, 0.3) is 0 Å². The molecule has 0 fully saturated rings. The first kappa shape index (κ1) is 14.5. The van der Waals surface area contributed by atoms with Gasteiger partial charge < -0.3 is 10.1 Å². The fourth-order valence-electron chi connectivity index (χ4n) is 1.50. The Morgan fingerprint density at radius 3 is 2.70 bits per heavy atom. The number of carboxylic acid groups (broad SMARTS) is 1. The van der Waals surface area contributed by atoms with Gasteiger partial charge >= 0.3 is 5.97 Å². The van der Waals surface area contributed by atoms with Crippen LogP contribution in [0.5, 0.6) is 0 Å². The van der Waals surface area contributed by atoms with Crippen LogP contribution in [-0.4, -0.2) is 29.5 Å². The van der Waals surface area contributed by atoms with Crippen molar-refractivity contribution >= 4 is 37.6 Å². The zero-order valence-corrected chi connectivity index (χ0v) is 12.6. The molecule has 0 amide bonds. The fraction of sp³-hybridized carbons (Fsp3) is 0.0909. The standard InChI is InChI=1S/C11H10BrN3O4S/c1-6-8(2-3-10(12)14-6)15-20(18,19)7-4-9(11(16)17)13-5-7/h2-5,13,15H,1H3,(H,16,17). The summed E-state index contributed by atoms with van der Waals surface area (Å²) in [5.41, 5.74) is 0.624. The van der Waals surface area contributed by atoms with Crippen molar-refractivity contribution in [2.75, 3.05) is 4.72 Å². The Bertz CT molecular complexity index is 770. The topological polar surface area (TPSA) is 112 Å². The number of H-pyrrole nitrogens is 1. The molecule has 0 aliphatic rings. The summed E-state index contributed by atoms with van der Waals surface area (Å²) in [6.07, 6.45) is 1.12. The number of sulfonamides is 1. The minimum atomic E-state index is -3.86. The molecule has 0 saturated heterocycles. The normalized spacial score (nSPS) is 11.3. The van der Waals surface area contributed by atoms with E-state index in [9.17, 15) is 13.2 Å². The first-order chi connectivity index (χ1) is 9.29. The number of aromatic carboxylic acids is 1. The lowest BCUT2D eigenvalue weighted by Gasteiger charge is -2.08. The highest BCUT2D eigenvalue weighted by molar-refractivity contribution is 9.10. The van der Waals surface area contributed by atoms with Crippen LogP contribution < -0.4 is 4.72 Å². The number of carbonyl (C=O) groups is 1. The van der Waals surface area contributed by atoms with Gasteiger partial charge in [0.1, 0.15) is 15.2 Å². The molecule has 0 bridgehead atoms. The van der Waals surface area contributed by atoms with E-state index in [1.165, 1.54) is 0 Å². The molecule has 7 nitrogen and oxygen atoms in total. The first-order valence-corrected chi connectivity index (χ1v) is 7.65. The van der Waals surface area contributed by atoms with Gasteiger partial charge in [-0.1, -0.05) is 0 Å². The second-order valence-corrected chi connectivity index (χ2v) is 6.42. The van der Waals surface area contributed by atoms with Crippen LogP contribution in [0.15, 0.2) is 33.9 Å². The third-order valence-electron chi connectivity index (χ3n) is 2.49. The van der Waals surface area contributed by atoms with Gasteiger partial charge in [0.15, 0.2) is 0 Å². The van der Waals surface area contributed by atoms with Crippen molar-refractivity contribution < 1.29 is 18.3 Å². The zero-order valence-electron chi connectivity index (χ0n) is 10.2. The smallest absolute Gasteiger partial charge is 0.352 e. The van der Waals surface area contributed by atoms with Crippen molar-refractivity contribution in [1.29, 1.82) is 0 Å². The number of hydrogen-bond donors (Lipinski definition) is 3. The average Bonchev–Trinajstić information content (AvgIpc) is 2.83. The monoisotopic (exact) mass is 359 g/mol. The predicted octanol–water partition coefficient (Wildman–Crippen LogP) is 1.98. The number of rotatable bonds is 4. The number of carboxylic acids is 1. The number of aromatic nitrogens is 2. The maximum absolute atomic E-state index is 12.1. The largest absolute Gasteiger partial charge is 0.477 e. The maximum atomic E-state index is 12.1. The summed E-state index contributed by atoms with van der Waals surface area (Å²) >= 11 is 3.18. The molecule has 0 unspecified atom stereocenters. The number of anilines is 1. The number of nitrogens with zero attached hydrogens (tertiary/aromatic N) is 1. The highest BCUT2D eigenvalue weighted by atomic mass is 79.9. The summed E-state index contributed by atoms with van der Waals surface area (Å²) in [6, 6.07) is 4.21. The van der Waals surface area contributed by atoms with Crippen LogP contribution in [0.3, 0.4) is 0 Å². The number of aromatic amines is 1. The van der Waals surface area contributed by atoms with Crippen molar-refractivity contribution in [2.45, 2.75) is 11.8 Å². The first-order valence-electron chi connectivity index (χ1n) is 5.37. The maximum Gasteiger partial charge on any atom is 0.352 e. The number of pyridine rings is 1. The van der Waals surface area contributed by atoms with E-state index in [2.05, 4.69) is 30.6 Å². The Morgan fingerprint density at radius 1 is 1.45 bits per heavy atom. The third kappa shape index (κ3) is 2.99. The zero-order chi connectivity index (χ0) is 14.9. The Hall–Kier alpha value is -1.87. The lowest BCUT2D eigenvalue weighted by Crippen LogP contribution is -2.13. The minimum Gasteiger partial charge on any atom is -0.477 e. The molecule has 0 saturated carbocycles. The molecule has 0 radical (unpaired) electrons. The van der Waals surface area contributed by atoms with Gasteiger partial charge in [0.25, 0.3) is 10.0 Å². The average molecular weight is 360 g/mol. The highest BCUT2D eigenvalue weighted by Gasteiger charge is 2.19. The summed E-state index contributed by atoms with van der Waals surface area (Å²) in [6.45, 7) is 1.66. The quantitative estimate of drug-likeness (QED) is 0.722. The minimum absolute atomic E-state index is 0.155. The van der Waals surface area contributed by atoms with E-state index in [0.717, 1.165) is 12.3 Å². The van der Waals surface area contributed by atoms with Gasteiger partial charge in [-0.05, 0) is 41.1 Å². The molecule has 0 aliphatic carbocycles. The lowest BCUT2D eigenvalue weighted by molar-refractivity contribution is 0.0691. The van der Waals surface area contributed by atoms with Crippen molar-refractivity contribution in [3.63, 3.8) is 0 Å². The lowest BCUT2D eigenvalue weighted by atomic mass is 10.3. The van der Waals surface area contributed by atoms with Gasteiger partial charge in [-0.25, -0.2) is 18.2 Å². The van der Waals surface area contributed by atoms with Crippen LogP contribution >= 0.6 is 15.9 Å². The molecular formula is C11H10BrN3O4S. The molecule has 0 atom stereocenters. The molecule has 2 aromatic rings. The van der Waals surface area contributed by atoms with Crippen LogP contribution in [0.1, 0.15) is 16.2 Å². The summed E-state index contributed by atoms with van der Waals surface area (Å²) in [5, 5.41) is 8.77. The number of halogens is 1. The van der Waals surface area contributed by atoms with Crippen molar-refractivity contribution in [3.8, 4) is 0 Å². The molecule has 0 aromatic carbocycles. The highest BCUT2D eigenvalue weighted by Crippen LogP contribution is 2.20. The molecule has 20 heavy (non-hydrogen) atoms. The molecule has 106 valence electrons. The molecule has 2 heterocycles. The van der Waals surface area contributed by atoms with Crippen molar-refractivity contribution in [2.24, 2.45) is 0 Å². The fourth-order valence-corrected chi connectivity index (χ4v) is 3.00. The summed E-state index contributed by atoms with van der Waals surface area (Å²) < 4.78 is 27.2. The second kappa shape index (κ2) is 5.25. The van der Waals surface area contributed by atoms with E-state index in [0.29, 0.717) is 16.0 Å². The van der Waals surface area contributed by atoms with Gasteiger partial charge in [-0.2, -0.15) is 0 Å². The van der Waals surface area contributed by atoms with Gasteiger partial charge in [-0.15, -0.1) is 0 Å². The molecule has 0 aliphatic heterocycles. The Labute approximate surface area is 123 Å². The predicted molar refractivity (Wildman–Crippen MR) is 75.2 cm³/mol. The van der Waals surface area contributed by atoms with E-state index >= 15 is 0 Å². The van der Waals surface area contributed by atoms with Gasteiger partial charge in [0.2, 0.25) is 0 Å². The van der Waals surface area contributed by atoms with Gasteiger partial charge in [-0.3, -0.25) is 4.72 Å². The summed E-state index contributed by atoms with van der Waals surface area (Å²) in [5.74, 6) is -1.23. The van der Waals surface area contributed by atoms with Crippen molar-refractivity contribution in [3.05, 3.63) is 40.4 Å². The van der Waals surface area contributed by atoms with Crippen LogP contribution in [0.4, 0.5) is 5.69 Å². The van der Waals surface area contributed by atoms with E-state index in [-0.39, 0.29) is 10.6 Å². The molecule has 3 N–H and O–H groups in total. The number of aryl methyl sites for hydroxylation is 1. The van der Waals surface area contributed by atoms with Gasteiger partial charge in [0, 0.05) is 6.20 Å². The summed E-state index contributed by atoms with van der Waals surface area (Å²) in [4.78, 5) is 17.0. The second-order valence-electron chi connectivity index (χ2n) is 3.93. The van der Waals surface area contributed by atoms with Crippen LogP contribution in [0.2, 0.25) is 0 Å². The Kier molecular flexibility index (Phi) is 3.82. The molecular weight excluding hydrogens is 350 g/mol. The Morgan fingerprint density at radius 2 is 2.15 bits per heavy atom. The molecule has 0 spiro atoms. The third-order valence-corrected chi connectivity index (χ3v) is 4.28. The van der Waals surface area contributed by atoms with E-state index in [1.54, 1.807) is 19.1 Å². The van der Waals surface area contributed by atoms with E-state index in [1.807, 2.05) is 0 Å². The van der Waals surface area contributed by atoms with Crippen molar-refractivity contribution in [1.82, 2.24) is 9.97 Å². The summed E-state index contributed by atoms with van der Waals surface area (Å²) in [7, 11) is -3.86. The molecule has 2 aromatic heterocycles. The number of hydrogen-bond acceptors (Lipinski definition) is 4. The molecule has 9 heteroatoms.